The zero-order chi connectivity index (χ0) is 6.41. The van der Waals surface area contributed by atoms with Crippen molar-refractivity contribution in [2.75, 3.05) is 0 Å². The average molecular weight is 131 g/mol. The van der Waals surface area contributed by atoms with E-state index in [2.05, 4.69) is 18.8 Å². The standard InChI is InChI=1S/C5H13NOSi/c1-3-5(4-2)6-8-7/h5-6,8H,3-4H2,1-2H3. The van der Waals surface area contributed by atoms with Crippen LogP contribution in [0.1, 0.15) is 26.7 Å². The Bertz CT molecular complexity index is 63.4. The summed E-state index contributed by atoms with van der Waals surface area (Å²) >= 11 is 0. The summed E-state index contributed by atoms with van der Waals surface area (Å²) in [6.45, 7) is 4.19. The first-order valence-corrected chi connectivity index (χ1v) is 4.09. The summed E-state index contributed by atoms with van der Waals surface area (Å²) in [4.78, 5) is 2.91. The Morgan fingerprint density at radius 3 is 2.12 bits per heavy atom. The highest BCUT2D eigenvalue weighted by molar-refractivity contribution is 6.12. The van der Waals surface area contributed by atoms with E-state index in [0.717, 1.165) is 12.8 Å². The van der Waals surface area contributed by atoms with Gasteiger partial charge < -0.3 is 9.44 Å². The van der Waals surface area contributed by atoms with Crippen LogP contribution in [0, 0.1) is 0 Å². The fourth-order valence-corrected chi connectivity index (χ4v) is 1.28. The van der Waals surface area contributed by atoms with Gasteiger partial charge in [0.2, 0.25) is 0 Å². The van der Waals surface area contributed by atoms with Crippen molar-refractivity contribution in [1.29, 1.82) is 0 Å². The van der Waals surface area contributed by atoms with Crippen LogP contribution < -0.4 is 4.98 Å². The fourth-order valence-electron chi connectivity index (χ4n) is 0.621. The van der Waals surface area contributed by atoms with Crippen LogP contribution in [0.3, 0.4) is 0 Å². The van der Waals surface area contributed by atoms with Gasteiger partial charge in [-0.05, 0) is 12.8 Å². The topological polar surface area (TPSA) is 29.1 Å². The van der Waals surface area contributed by atoms with E-state index in [4.69, 9.17) is 0 Å². The van der Waals surface area contributed by atoms with Crippen LogP contribution in [-0.4, -0.2) is 15.6 Å². The zero-order valence-corrected chi connectivity index (χ0v) is 6.63. The Balaban J connectivity index is 3.20. The summed E-state index contributed by atoms with van der Waals surface area (Å²) in [6, 6.07) is 0.475. The summed E-state index contributed by atoms with van der Waals surface area (Å²) in [6.07, 6.45) is 2.15. The smallest absolute Gasteiger partial charge is 0.376 e. The van der Waals surface area contributed by atoms with Crippen LogP contribution in [0.4, 0.5) is 0 Å². The minimum Gasteiger partial charge on any atom is -0.390 e. The second-order valence-electron chi connectivity index (χ2n) is 1.80. The normalized spacial score (nSPS) is 9.38. The molecular weight excluding hydrogens is 118 g/mol. The number of hydrogen-bond acceptors (Lipinski definition) is 1. The van der Waals surface area contributed by atoms with Gasteiger partial charge in [0, 0.05) is 6.04 Å². The van der Waals surface area contributed by atoms with Gasteiger partial charge in [0.1, 0.15) is 0 Å². The lowest BCUT2D eigenvalue weighted by Crippen LogP contribution is -2.26. The molecule has 2 nitrogen and oxygen atoms in total. The summed E-state index contributed by atoms with van der Waals surface area (Å²) in [5, 5.41) is 0. The molecule has 0 saturated heterocycles. The minimum atomic E-state index is -0.752. The van der Waals surface area contributed by atoms with Crippen molar-refractivity contribution >= 4 is 9.57 Å². The molecule has 0 heterocycles. The molecule has 48 valence electrons. The van der Waals surface area contributed by atoms with Crippen LogP contribution >= 0.6 is 0 Å². The summed E-state index contributed by atoms with van der Waals surface area (Å²) < 4.78 is 10.0. The lowest BCUT2D eigenvalue weighted by atomic mass is 10.2. The molecule has 0 aromatic heterocycles. The van der Waals surface area contributed by atoms with E-state index < -0.39 is 9.57 Å². The van der Waals surface area contributed by atoms with Crippen LogP contribution in [0.25, 0.3) is 0 Å². The van der Waals surface area contributed by atoms with Crippen LogP contribution in [0.5, 0.6) is 0 Å². The van der Waals surface area contributed by atoms with Crippen LogP contribution in [0.2, 0.25) is 0 Å². The molecular formula is C5H13NOSi. The molecule has 3 heteroatoms. The highest BCUT2D eigenvalue weighted by atomic mass is 28.2. The Morgan fingerprint density at radius 1 is 1.50 bits per heavy atom. The summed E-state index contributed by atoms with van der Waals surface area (Å²) in [5.41, 5.74) is 0. The van der Waals surface area contributed by atoms with Crippen molar-refractivity contribution in [1.82, 2.24) is 4.98 Å². The molecule has 0 saturated carbocycles. The molecule has 0 atom stereocenters. The summed E-state index contributed by atoms with van der Waals surface area (Å²) in [5.74, 6) is 0. The predicted molar refractivity (Wildman–Crippen MR) is 35.3 cm³/mol. The van der Waals surface area contributed by atoms with Crippen molar-refractivity contribution in [3.8, 4) is 0 Å². The molecule has 0 aromatic rings. The van der Waals surface area contributed by atoms with E-state index in [0.29, 0.717) is 6.04 Å². The van der Waals surface area contributed by atoms with Gasteiger partial charge in [-0.1, -0.05) is 13.8 Å². The van der Waals surface area contributed by atoms with E-state index in [-0.39, 0.29) is 0 Å². The Labute approximate surface area is 52.6 Å². The second-order valence-corrected chi connectivity index (χ2v) is 2.37. The van der Waals surface area contributed by atoms with E-state index in [1.165, 1.54) is 0 Å². The lowest BCUT2D eigenvalue weighted by Gasteiger charge is -2.08. The third kappa shape index (κ3) is 2.90. The van der Waals surface area contributed by atoms with Gasteiger partial charge in [-0.25, -0.2) is 0 Å². The zero-order valence-electron chi connectivity index (χ0n) is 5.48. The highest BCUT2D eigenvalue weighted by Crippen LogP contribution is 1.92. The quantitative estimate of drug-likeness (QED) is 0.562. The third-order valence-electron chi connectivity index (χ3n) is 1.29. The van der Waals surface area contributed by atoms with E-state index >= 15 is 0 Å². The summed E-state index contributed by atoms with van der Waals surface area (Å²) in [7, 11) is -0.752. The molecule has 0 unspecified atom stereocenters. The van der Waals surface area contributed by atoms with Gasteiger partial charge in [0.25, 0.3) is 0 Å². The maximum absolute atomic E-state index is 10.0. The first-order chi connectivity index (χ1) is 3.85. The Morgan fingerprint density at radius 2 is 2.00 bits per heavy atom. The molecule has 0 aliphatic rings. The first kappa shape index (κ1) is 7.82. The van der Waals surface area contributed by atoms with Gasteiger partial charge >= 0.3 is 9.57 Å². The minimum absolute atomic E-state index is 0.475. The molecule has 0 aromatic carbocycles. The second kappa shape index (κ2) is 4.96. The average Bonchev–Trinajstić information content (AvgIpc) is 1.83. The van der Waals surface area contributed by atoms with Gasteiger partial charge in [-0.2, -0.15) is 0 Å². The molecule has 0 bridgehead atoms. The first-order valence-electron chi connectivity index (χ1n) is 3.04. The van der Waals surface area contributed by atoms with Crippen molar-refractivity contribution in [2.24, 2.45) is 0 Å². The third-order valence-corrected chi connectivity index (χ3v) is 1.90. The molecule has 0 rings (SSSR count). The maximum Gasteiger partial charge on any atom is 0.376 e. The van der Waals surface area contributed by atoms with Gasteiger partial charge in [-0.3, -0.25) is 0 Å². The van der Waals surface area contributed by atoms with Crippen LogP contribution in [-0.2, 0) is 4.46 Å². The number of rotatable bonds is 4. The van der Waals surface area contributed by atoms with Crippen molar-refractivity contribution in [3.63, 3.8) is 0 Å². The largest absolute Gasteiger partial charge is 0.390 e. The monoisotopic (exact) mass is 131 g/mol. The van der Waals surface area contributed by atoms with Crippen molar-refractivity contribution in [3.05, 3.63) is 0 Å². The molecule has 0 fully saturated rings. The lowest BCUT2D eigenvalue weighted by molar-refractivity contribution is 0.526. The molecule has 0 spiro atoms. The van der Waals surface area contributed by atoms with Crippen LogP contribution in [0.15, 0.2) is 0 Å². The van der Waals surface area contributed by atoms with Crippen molar-refractivity contribution < 1.29 is 4.46 Å². The number of nitrogens with one attached hydrogen (secondary N) is 1. The SMILES string of the molecule is CCC(CC)N[SiH]=O. The molecule has 0 radical (unpaired) electrons. The Kier molecular flexibility index (Phi) is 4.85. The molecule has 0 amide bonds. The molecule has 0 aliphatic carbocycles. The predicted octanol–water partition coefficient (Wildman–Crippen LogP) is 0.462. The van der Waals surface area contributed by atoms with E-state index in [1.807, 2.05) is 0 Å². The number of hydrogen-bond donors (Lipinski definition) is 1. The molecule has 1 N–H and O–H groups in total. The fraction of sp³-hybridized carbons (Fsp3) is 1.00. The molecule has 0 aliphatic heterocycles. The van der Waals surface area contributed by atoms with Gasteiger partial charge in [0.05, 0.1) is 0 Å². The molecule has 8 heavy (non-hydrogen) atoms. The highest BCUT2D eigenvalue weighted by Gasteiger charge is 1.97. The van der Waals surface area contributed by atoms with E-state index in [9.17, 15) is 4.46 Å². The maximum atomic E-state index is 10.0. The van der Waals surface area contributed by atoms with Gasteiger partial charge in [-0.15, -0.1) is 0 Å². The van der Waals surface area contributed by atoms with Gasteiger partial charge in [0.15, 0.2) is 0 Å². The van der Waals surface area contributed by atoms with E-state index in [1.54, 1.807) is 0 Å². The van der Waals surface area contributed by atoms with Crippen molar-refractivity contribution in [2.45, 2.75) is 32.7 Å². The Hall–Kier alpha value is -0.183.